The van der Waals surface area contributed by atoms with Crippen LogP contribution < -0.4 is 0 Å². The number of nitrogens with zero attached hydrogens (tertiary/aromatic N) is 6. The summed E-state index contributed by atoms with van der Waals surface area (Å²) in [5.41, 5.74) is 3.60. The molecule has 98 valence electrons. The van der Waals surface area contributed by atoms with E-state index in [1.54, 1.807) is 11.0 Å². The molecule has 3 aromatic heterocycles. The Balaban J connectivity index is 2.07. The van der Waals surface area contributed by atoms with Crippen molar-refractivity contribution in [3.63, 3.8) is 0 Å². The van der Waals surface area contributed by atoms with Gasteiger partial charge < -0.3 is 0 Å². The van der Waals surface area contributed by atoms with Gasteiger partial charge in [-0.1, -0.05) is 12.1 Å². The van der Waals surface area contributed by atoms with E-state index in [1.807, 2.05) is 48.7 Å². The average molecular weight is 264 g/mol. The highest BCUT2D eigenvalue weighted by Crippen LogP contribution is 2.22. The predicted octanol–water partition coefficient (Wildman–Crippen LogP) is 1.99. The quantitative estimate of drug-likeness (QED) is 0.527. The topological polar surface area (TPSA) is 60.9 Å². The molecule has 0 unspecified atom stereocenters. The van der Waals surface area contributed by atoms with E-state index >= 15 is 0 Å². The van der Waals surface area contributed by atoms with Crippen molar-refractivity contribution in [2.24, 2.45) is 7.05 Å². The van der Waals surface area contributed by atoms with Crippen LogP contribution in [0, 0.1) is 6.92 Å². The van der Waals surface area contributed by atoms with Gasteiger partial charge in [0.25, 0.3) is 0 Å². The molecule has 0 saturated heterocycles. The van der Waals surface area contributed by atoms with Crippen LogP contribution in [0.1, 0.15) is 5.69 Å². The molecule has 6 heteroatoms. The fraction of sp³-hybridized carbons (Fsp3) is 0.143. The molecule has 20 heavy (non-hydrogen) atoms. The van der Waals surface area contributed by atoms with Crippen molar-refractivity contribution in [1.29, 1.82) is 0 Å². The van der Waals surface area contributed by atoms with Crippen molar-refractivity contribution in [2.75, 3.05) is 0 Å². The molecule has 0 fully saturated rings. The zero-order valence-electron chi connectivity index (χ0n) is 11.1. The molecule has 0 spiro atoms. The molecule has 0 aliphatic rings. The lowest BCUT2D eigenvalue weighted by atomic mass is 10.2. The molecule has 0 amide bonds. The molecule has 4 aromatic rings. The summed E-state index contributed by atoms with van der Waals surface area (Å²) in [5, 5.41) is 14.0. The Kier molecular flexibility index (Phi) is 2.14. The maximum Gasteiger partial charge on any atom is 0.187 e. The minimum Gasteiger partial charge on any atom is -0.264 e. The number of aromatic nitrogens is 6. The molecule has 6 nitrogen and oxygen atoms in total. The molecule has 0 atom stereocenters. The van der Waals surface area contributed by atoms with Crippen LogP contribution >= 0.6 is 0 Å². The van der Waals surface area contributed by atoms with Gasteiger partial charge in [-0.3, -0.25) is 9.08 Å². The first-order chi connectivity index (χ1) is 9.74. The van der Waals surface area contributed by atoms with Crippen molar-refractivity contribution in [3.05, 3.63) is 42.4 Å². The third-order valence-electron chi connectivity index (χ3n) is 3.38. The average Bonchev–Trinajstić information content (AvgIpc) is 3.01. The highest BCUT2D eigenvalue weighted by Gasteiger charge is 2.14. The monoisotopic (exact) mass is 264 g/mol. The zero-order valence-corrected chi connectivity index (χ0v) is 11.1. The number of hydrogen-bond donors (Lipinski definition) is 0. The molecule has 4 rings (SSSR count). The molecule has 0 radical (unpaired) electrons. The summed E-state index contributed by atoms with van der Waals surface area (Å²) in [6, 6.07) is 9.91. The summed E-state index contributed by atoms with van der Waals surface area (Å²) in [6.45, 7) is 1.96. The van der Waals surface area contributed by atoms with Gasteiger partial charge in [-0.05, 0) is 25.1 Å². The Hall–Kier alpha value is -2.76. The zero-order chi connectivity index (χ0) is 13.7. The number of hydrogen-bond acceptors (Lipinski definition) is 4. The SMILES string of the molecule is Cc1cc(-c2nnc3c4ccccc4ncn23)n(C)n1. The molecule has 3 heterocycles. The summed E-state index contributed by atoms with van der Waals surface area (Å²) < 4.78 is 3.71. The highest BCUT2D eigenvalue weighted by atomic mass is 15.3. The van der Waals surface area contributed by atoms with Gasteiger partial charge in [0, 0.05) is 12.4 Å². The molecular formula is C14H12N6. The van der Waals surface area contributed by atoms with Crippen molar-refractivity contribution in [3.8, 4) is 11.5 Å². The minimum absolute atomic E-state index is 0.751. The second-order valence-corrected chi connectivity index (χ2v) is 4.77. The Bertz CT molecular complexity index is 933. The van der Waals surface area contributed by atoms with E-state index in [-0.39, 0.29) is 0 Å². The van der Waals surface area contributed by atoms with Gasteiger partial charge in [0.05, 0.1) is 11.2 Å². The van der Waals surface area contributed by atoms with E-state index < -0.39 is 0 Å². The molecule has 0 aliphatic heterocycles. The smallest absolute Gasteiger partial charge is 0.187 e. The van der Waals surface area contributed by atoms with Crippen molar-refractivity contribution in [2.45, 2.75) is 6.92 Å². The van der Waals surface area contributed by atoms with Gasteiger partial charge in [-0.2, -0.15) is 5.10 Å². The Morgan fingerprint density at radius 3 is 2.75 bits per heavy atom. The first kappa shape index (κ1) is 11.1. The third-order valence-corrected chi connectivity index (χ3v) is 3.38. The fourth-order valence-corrected chi connectivity index (χ4v) is 2.47. The fourth-order valence-electron chi connectivity index (χ4n) is 2.47. The van der Waals surface area contributed by atoms with Crippen molar-refractivity contribution < 1.29 is 0 Å². The second kappa shape index (κ2) is 3.86. The molecule has 0 aliphatic carbocycles. The van der Waals surface area contributed by atoms with E-state index in [0.29, 0.717) is 0 Å². The summed E-state index contributed by atoms with van der Waals surface area (Å²) in [6.07, 6.45) is 1.76. The van der Waals surface area contributed by atoms with Crippen LogP contribution in [0.5, 0.6) is 0 Å². The Morgan fingerprint density at radius 2 is 1.95 bits per heavy atom. The van der Waals surface area contributed by atoms with Gasteiger partial charge in [-0.25, -0.2) is 4.98 Å². The van der Waals surface area contributed by atoms with Crippen molar-refractivity contribution in [1.82, 2.24) is 29.4 Å². The van der Waals surface area contributed by atoms with Crippen LogP contribution in [0.2, 0.25) is 0 Å². The molecule has 1 aromatic carbocycles. The van der Waals surface area contributed by atoms with E-state index in [1.165, 1.54) is 0 Å². The first-order valence-corrected chi connectivity index (χ1v) is 6.33. The highest BCUT2D eigenvalue weighted by molar-refractivity contribution is 5.91. The molecule has 0 N–H and O–H groups in total. The standard InChI is InChI=1S/C14H12N6/c1-9-7-12(19(2)18-9)14-17-16-13-10-5-3-4-6-11(10)15-8-20(13)14/h3-8H,1-2H3. The van der Waals surface area contributed by atoms with E-state index in [2.05, 4.69) is 20.3 Å². The van der Waals surface area contributed by atoms with Gasteiger partial charge in [-0.15, -0.1) is 10.2 Å². The number of fused-ring (bicyclic) bond motifs is 3. The van der Waals surface area contributed by atoms with Crippen molar-refractivity contribution >= 4 is 16.6 Å². The lowest BCUT2D eigenvalue weighted by Crippen LogP contribution is -1.98. The predicted molar refractivity (Wildman–Crippen MR) is 75.2 cm³/mol. The maximum absolute atomic E-state index is 4.46. The van der Waals surface area contributed by atoms with E-state index in [4.69, 9.17) is 0 Å². The van der Waals surface area contributed by atoms with Crippen LogP contribution in [0.4, 0.5) is 0 Å². The summed E-state index contributed by atoms with van der Waals surface area (Å²) in [4.78, 5) is 4.46. The summed E-state index contributed by atoms with van der Waals surface area (Å²) >= 11 is 0. The van der Waals surface area contributed by atoms with Gasteiger partial charge in [0.15, 0.2) is 11.5 Å². The number of benzene rings is 1. The van der Waals surface area contributed by atoms with E-state index in [9.17, 15) is 0 Å². The van der Waals surface area contributed by atoms with E-state index in [0.717, 1.165) is 33.8 Å². The van der Waals surface area contributed by atoms with Gasteiger partial charge in [0.1, 0.15) is 12.0 Å². The van der Waals surface area contributed by atoms with Crippen LogP contribution in [-0.4, -0.2) is 29.4 Å². The van der Waals surface area contributed by atoms with Crippen LogP contribution in [0.3, 0.4) is 0 Å². The Labute approximate surface area is 114 Å². The summed E-state index contributed by atoms with van der Waals surface area (Å²) in [7, 11) is 1.90. The molecule has 0 bridgehead atoms. The largest absolute Gasteiger partial charge is 0.264 e. The molecule has 0 saturated carbocycles. The molecular weight excluding hydrogens is 252 g/mol. The number of rotatable bonds is 1. The lowest BCUT2D eigenvalue weighted by Gasteiger charge is -2.01. The van der Waals surface area contributed by atoms with Crippen LogP contribution in [0.25, 0.3) is 28.1 Å². The number of aryl methyl sites for hydroxylation is 2. The summed E-state index contributed by atoms with van der Waals surface area (Å²) in [5.74, 6) is 0.751. The lowest BCUT2D eigenvalue weighted by molar-refractivity contribution is 0.757. The maximum atomic E-state index is 4.46. The third kappa shape index (κ3) is 1.45. The van der Waals surface area contributed by atoms with Crippen LogP contribution in [0.15, 0.2) is 36.7 Å². The van der Waals surface area contributed by atoms with Gasteiger partial charge in [0.2, 0.25) is 0 Å². The first-order valence-electron chi connectivity index (χ1n) is 6.33. The Morgan fingerprint density at radius 1 is 1.10 bits per heavy atom. The minimum atomic E-state index is 0.751. The number of para-hydroxylation sites is 1. The van der Waals surface area contributed by atoms with Gasteiger partial charge >= 0.3 is 0 Å². The second-order valence-electron chi connectivity index (χ2n) is 4.77. The van der Waals surface area contributed by atoms with Crippen LogP contribution in [-0.2, 0) is 7.05 Å². The normalized spacial score (nSPS) is 11.5.